The Balaban J connectivity index is 1.56. The van der Waals surface area contributed by atoms with Gasteiger partial charge in [-0.1, -0.05) is 12.1 Å². The normalized spacial score (nSPS) is 10.9. The Morgan fingerprint density at radius 2 is 1.97 bits per heavy atom. The standard InChI is InChI=1S/C21H19BrFN7/c22-17-3-1-2-16-19(17)29-21(27-7-6-15-12-25-8-9-26-15)30-20(16)28-11-13-4-5-14(24)10-18(13)23/h1-5,8-10,12H,6-7,11,24H2,(H2,27,28,29,30). The van der Waals surface area contributed by atoms with Crippen LogP contribution in [-0.2, 0) is 13.0 Å². The average Bonchev–Trinajstić information content (AvgIpc) is 2.74. The summed E-state index contributed by atoms with van der Waals surface area (Å²) in [5.41, 5.74) is 8.16. The monoisotopic (exact) mass is 467 g/mol. The Labute approximate surface area is 181 Å². The molecule has 0 aliphatic rings. The Bertz CT molecular complexity index is 1170. The first-order chi connectivity index (χ1) is 14.6. The maximum Gasteiger partial charge on any atom is 0.225 e. The second kappa shape index (κ2) is 9.00. The van der Waals surface area contributed by atoms with Gasteiger partial charge in [-0.2, -0.15) is 4.98 Å². The van der Waals surface area contributed by atoms with Gasteiger partial charge in [-0.25, -0.2) is 9.37 Å². The van der Waals surface area contributed by atoms with Crippen molar-refractivity contribution < 1.29 is 4.39 Å². The van der Waals surface area contributed by atoms with Gasteiger partial charge in [0, 0.05) is 59.2 Å². The fourth-order valence-electron chi connectivity index (χ4n) is 2.98. The van der Waals surface area contributed by atoms with E-state index in [9.17, 15) is 4.39 Å². The van der Waals surface area contributed by atoms with Gasteiger partial charge >= 0.3 is 0 Å². The largest absolute Gasteiger partial charge is 0.399 e. The number of fused-ring (bicyclic) bond motifs is 1. The number of halogens is 2. The summed E-state index contributed by atoms with van der Waals surface area (Å²) in [6.07, 6.45) is 5.72. The van der Waals surface area contributed by atoms with Crippen molar-refractivity contribution in [3.63, 3.8) is 0 Å². The molecule has 0 saturated carbocycles. The zero-order chi connectivity index (χ0) is 20.9. The first-order valence-corrected chi connectivity index (χ1v) is 10.1. The van der Waals surface area contributed by atoms with E-state index in [-0.39, 0.29) is 12.4 Å². The molecule has 0 spiro atoms. The van der Waals surface area contributed by atoms with Gasteiger partial charge in [0.15, 0.2) is 0 Å². The third-order valence-electron chi connectivity index (χ3n) is 4.48. The summed E-state index contributed by atoms with van der Waals surface area (Å²) in [7, 11) is 0. The zero-order valence-electron chi connectivity index (χ0n) is 15.9. The molecule has 152 valence electrons. The van der Waals surface area contributed by atoms with E-state index < -0.39 is 0 Å². The Morgan fingerprint density at radius 1 is 1.07 bits per heavy atom. The smallest absolute Gasteiger partial charge is 0.225 e. The summed E-state index contributed by atoms with van der Waals surface area (Å²) in [5.74, 6) is 0.724. The number of nitrogens with one attached hydrogen (secondary N) is 2. The van der Waals surface area contributed by atoms with E-state index in [4.69, 9.17) is 5.73 Å². The lowest BCUT2D eigenvalue weighted by molar-refractivity contribution is 0.613. The molecule has 0 bridgehead atoms. The summed E-state index contributed by atoms with van der Waals surface area (Å²) in [6.45, 7) is 0.866. The number of anilines is 3. The number of hydrogen-bond acceptors (Lipinski definition) is 7. The number of nitrogens with two attached hydrogens (primary N) is 1. The molecule has 2 aromatic heterocycles. The molecule has 0 amide bonds. The Morgan fingerprint density at radius 3 is 2.77 bits per heavy atom. The van der Waals surface area contributed by atoms with Gasteiger partial charge in [0.05, 0.1) is 11.2 Å². The highest BCUT2D eigenvalue weighted by Crippen LogP contribution is 2.28. The van der Waals surface area contributed by atoms with E-state index >= 15 is 0 Å². The highest BCUT2D eigenvalue weighted by atomic mass is 79.9. The summed E-state index contributed by atoms with van der Waals surface area (Å²) < 4.78 is 15.0. The molecular formula is C21H19BrFN7. The van der Waals surface area contributed by atoms with Crippen LogP contribution in [0.25, 0.3) is 10.9 Å². The van der Waals surface area contributed by atoms with Crippen LogP contribution in [0.5, 0.6) is 0 Å². The second-order valence-corrected chi connectivity index (χ2v) is 7.46. The van der Waals surface area contributed by atoms with Gasteiger partial charge < -0.3 is 16.4 Å². The van der Waals surface area contributed by atoms with Gasteiger partial charge in [-0.15, -0.1) is 0 Å². The van der Waals surface area contributed by atoms with E-state index in [0.717, 1.165) is 21.1 Å². The Kier molecular flexibility index (Phi) is 5.99. The fraction of sp³-hybridized carbons (Fsp3) is 0.143. The molecule has 4 rings (SSSR count). The SMILES string of the molecule is Nc1ccc(CNc2nc(NCCc3cnccn3)nc3c(Br)cccc23)c(F)c1. The van der Waals surface area contributed by atoms with E-state index in [1.54, 1.807) is 30.7 Å². The third-order valence-corrected chi connectivity index (χ3v) is 5.12. The quantitative estimate of drug-likeness (QED) is 0.350. The van der Waals surface area contributed by atoms with Crippen molar-refractivity contribution in [2.45, 2.75) is 13.0 Å². The van der Waals surface area contributed by atoms with Crippen LogP contribution < -0.4 is 16.4 Å². The zero-order valence-corrected chi connectivity index (χ0v) is 17.5. The first-order valence-electron chi connectivity index (χ1n) is 9.33. The van der Waals surface area contributed by atoms with Crippen LogP contribution in [0.2, 0.25) is 0 Å². The average molecular weight is 468 g/mol. The fourth-order valence-corrected chi connectivity index (χ4v) is 3.43. The summed E-state index contributed by atoms with van der Waals surface area (Å²) in [5, 5.41) is 7.29. The van der Waals surface area contributed by atoms with Gasteiger partial charge in [-0.3, -0.25) is 9.97 Å². The van der Waals surface area contributed by atoms with Gasteiger partial charge in [-0.05, 0) is 40.2 Å². The molecule has 30 heavy (non-hydrogen) atoms. The second-order valence-electron chi connectivity index (χ2n) is 6.61. The molecule has 0 fully saturated rings. The topological polar surface area (TPSA) is 102 Å². The highest BCUT2D eigenvalue weighted by Gasteiger charge is 2.11. The lowest BCUT2D eigenvalue weighted by Crippen LogP contribution is -2.11. The molecule has 4 N–H and O–H groups in total. The van der Waals surface area contributed by atoms with Crippen molar-refractivity contribution in [2.75, 3.05) is 22.9 Å². The van der Waals surface area contributed by atoms with Crippen molar-refractivity contribution in [1.82, 2.24) is 19.9 Å². The summed E-state index contributed by atoms with van der Waals surface area (Å²) >= 11 is 3.55. The lowest BCUT2D eigenvalue weighted by Gasteiger charge is -2.13. The number of para-hydroxylation sites is 1. The van der Waals surface area contributed by atoms with Crippen LogP contribution in [0.3, 0.4) is 0 Å². The van der Waals surface area contributed by atoms with Crippen LogP contribution in [0, 0.1) is 5.82 Å². The molecule has 0 atom stereocenters. The number of rotatable bonds is 7. The maximum absolute atomic E-state index is 14.2. The molecule has 2 heterocycles. The predicted octanol–water partition coefficient (Wildman–Crippen LogP) is 4.17. The molecule has 0 aliphatic heterocycles. The molecule has 0 unspecified atom stereocenters. The van der Waals surface area contributed by atoms with Crippen molar-refractivity contribution in [3.05, 3.63) is 76.5 Å². The van der Waals surface area contributed by atoms with Crippen LogP contribution in [-0.4, -0.2) is 26.5 Å². The van der Waals surface area contributed by atoms with Crippen LogP contribution >= 0.6 is 15.9 Å². The van der Waals surface area contributed by atoms with Crippen LogP contribution in [0.4, 0.5) is 21.8 Å². The Hall–Kier alpha value is -3.33. The first kappa shape index (κ1) is 20.0. The molecular weight excluding hydrogens is 449 g/mol. The van der Waals surface area contributed by atoms with Crippen molar-refractivity contribution in [3.8, 4) is 0 Å². The van der Waals surface area contributed by atoms with Crippen molar-refractivity contribution in [1.29, 1.82) is 0 Å². The molecule has 0 radical (unpaired) electrons. The summed E-state index contributed by atoms with van der Waals surface area (Å²) in [6, 6.07) is 10.4. The van der Waals surface area contributed by atoms with E-state index in [1.807, 2.05) is 18.2 Å². The molecule has 0 saturated heterocycles. The molecule has 0 aliphatic carbocycles. The molecule has 7 nitrogen and oxygen atoms in total. The minimum absolute atomic E-state index is 0.268. The highest BCUT2D eigenvalue weighted by molar-refractivity contribution is 9.10. The van der Waals surface area contributed by atoms with Crippen LogP contribution in [0.1, 0.15) is 11.3 Å². The van der Waals surface area contributed by atoms with Gasteiger partial charge in [0.2, 0.25) is 5.95 Å². The third kappa shape index (κ3) is 4.62. The van der Waals surface area contributed by atoms with Crippen molar-refractivity contribution >= 4 is 44.3 Å². The van der Waals surface area contributed by atoms with Crippen molar-refractivity contribution in [2.24, 2.45) is 0 Å². The number of aromatic nitrogens is 4. The molecule has 9 heteroatoms. The van der Waals surface area contributed by atoms with E-state index in [0.29, 0.717) is 36.0 Å². The van der Waals surface area contributed by atoms with E-state index in [2.05, 4.69) is 46.5 Å². The molecule has 2 aromatic carbocycles. The lowest BCUT2D eigenvalue weighted by atomic mass is 10.2. The number of hydrogen-bond donors (Lipinski definition) is 3. The van der Waals surface area contributed by atoms with E-state index in [1.165, 1.54) is 6.07 Å². The summed E-state index contributed by atoms with van der Waals surface area (Å²) in [4.78, 5) is 17.5. The minimum atomic E-state index is -0.357. The predicted molar refractivity (Wildman–Crippen MR) is 120 cm³/mol. The number of benzene rings is 2. The number of nitrogens with zero attached hydrogens (tertiary/aromatic N) is 4. The maximum atomic E-state index is 14.2. The van der Waals surface area contributed by atoms with Crippen LogP contribution in [0.15, 0.2) is 59.5 Å². The van der Waals surface area contributed by atoms with Gasteiger partial charge in [0.1, 0.15) is 11.6 Å². The molecule has 4 aromatic rings. The minimum Gasteiger partial charge on any atom is -0.399 e. The van der Waals surface area contributed by atoms with Gasteiger partial charge in [0.25, 0.3) is 0 Å². The number of nitrogen functional groups attached to an aromatic ring is 1.